The molecule has 0 spiro atoms. The Morgan fingerprint density at radius 1 is 1.27 bits per heavy atom. The van der Waals surface area contributed by atoms with E-state index in [9.17, 15) is 4.79 Å². The molecular formula is C16H18N2O3S. The van der Waals surface area contributed by atoms with Gasteiger partial charge in [-0.3, -0.25) is 9.69 Å². The lowest BCUT2D eigenvalue weighted by molar-refractivity contribution is -0.128. The Kier molecular flexibility index (Phi) is 3.22. The van der Waals surface area contributed by atoms with E-state index in [1.165, 1.54) is 0 Å². The third-order valence-electron chi connectivity index (χ3n) is 4.42. The molecule has 116 valence electrons. The number of nitrogens with zero attached hydrogens (tertiary/aromatic N) is 1. The summed E-state index contributed by atoms with van der Waals surface area (Å²) in [6.07, 6.45) is 2.25. The van der Waals surface area contributed by atoms with Crippen LogP contribution in [-0.2, 0) is 4.79 Å². The van der Waals surface area contributed by atoms with Crippen LogP contribution >= 0.6 is 12.2 Å². The van der Waals surface area contributed by atoms with Crippen LogP contribution in [-0.4, -0.2) is 35.2 Å². The average molecular weight is 318 g/mol. The van der Waals surface area contributed by atoms with Crippen LogP contribution in [0.25, 0.3) is 0 Å². The zero-order valence-electron chi connectivity index (χ0n) is 12.4. The van der Waals surface area contributed by atoms with Crippen molar-refractivity contribution in [2.45, 2.75) is 31.8 Å². The summed E-state index contributed by atoms with van der Waals surface area (Å²) in [4.78, 5) is 14.2. The molecule has 1 aliphatic carbocycles. The molecule has 5 nitrogen and oxygen atoms in total. The standard InChI is InChI=1S/C16H18N2O3S/c1-9-15(19)18(16(22)17-9)14(10-2-3-10)11-4-5-12-13(8-11)21-7-6-20-12/h4-5,8-10,14H,2-3,6-7H2,1H3,(H,17,22)/t9-,14-/m1/s1. The maximum absolute atomic E-state index is 12.5. The van der Waals surface area contributed by atoms with Crippen LogP contribution < -0.4 is 14.8 Å². The second-order valence-corrected chi connectivity index (χ2v) is 6.45. The highest BCUT2D eigenvalue weighted by atomic mass is 32.1. The zero-order valence-corrected chi connectivity index (χ0v) is 13.2. The third kappa shape index (κ3) is 2.22. The molecule has 22 heavy (non-hydrogen) atoms. The number of benzene rings is 1. The smallest absolute Gasteiger partial charge is 0.251 e. The molecule has 0 bridgehead atoms. The zero-order chi connectivity index (χ0) is 15.3. The summed E-state index contributed by atoms with van der Waals surface area (Å²) >= 11 is 5.38. The Morgan fingerprint density at radius 2 is 2.00 bits per heavy atom. The number of ether oxygens (including phenoxy) is 2. The Morgan fingerprint density at radius 3 is 2.64 bits per heavy atom. The van der Waals surface area contributed by atoms with Gasteiger partial charge in [0.1, 0.15) is 19.3 Å². The van der Waals surface area contributed by atoms with Crippen molar-refractivity contribution in [3.8, 4) is 11.5 Å². The van der Waals surface area contributed by atoms with Crippen LogP contribution in [0.4, 0.5) is 0 Å². The predicted octanol–water partition coefficient (Wildman–Crippen LogP) is 2.01. The van der Waals surface area contributed by atoms with Gasteiger partial charge >= 0.3 is 0 Å². The molecule has 1 aromatic rings. The second kappa shape index (κ2) is 5.12. The number of rotatable bonds is 3. The Bertz CT molecular complexity index is 644. The Hall–Kier alpha value is -1.82. The van der Waals surface area contributed by atoms with Crippen molar-refractivity contribution in [1.29, 1.82) is 0 Å². The van der Waals surface area contributed by atoms with Gasteiger partial charge in [0.15, 0.2) is 16.6 Å². The van der Waals surface area contributed by atoms with Crippen molar-refractivity contribution in [1.82, 2.24) is 10.2 Å². The van der Waals surface area contributed by atoms with Crippen LogP contribution in [0.3, 0.4) is 0 Å². The van der Waals surface area contributed by atoms with Crippen molar-refractivity contribution in [3.63, 3.8) is 0 Å². The van der Waals surface area contributed by atoms with E-state index in [-0.39, 0.29) is 18.0 Å². The summed E-state index contributed by atoms with van der Waals surface area (Å²) in [5.41, 5.74) is 1.07. The number of hydrogen-bond donors (Lipinski definition) is 1. The first kappa shape index (κ1) is 13.8. The minimum Gasteiger partial charge on any atom is -0.486 e. The van der Waals surface area contributed by atoms with Gasteiger partial charge in [-0.1, -0.05) is 6.07 Å². The average Bonchev–Trinajstić information content (AvgIpc) is 3.32. The molecule has 2 heterocycles. The van der Waals surface area contributed by atoms with E-state index in [4.69, 9.17) is 21.7 Å². The molecule has 4 rings (SSSR count). The van der Waals surface area contributed by atoms with Crippen LogP contribution in [0.15, 0.2) is 18.2 Å². The number of hydrogen-bond acceptors (Lipinski definition) is 4. The number of carbonyl (C=O) groups excluding carboxylic acids is 1. The van der Waals surface area contributed by atoms with Crippen LogP contribution in [0.2, 0.25) is 0 Å². The molecule has 2 aliphatic heterocycles. The fourth-order valence-corrected chi connectivity index (χ4v) is 3.56. The first-order valence-corrected chi connectivity index (χ1v) is 8.09. The molecule has 1 saturated heterocycles. The quantitative estimate of drug-likeness (QED) is 0.864. The van der Waals surface area contributed by atoms with Crippen molar-refractivity contribution in [2.24, 2.45) is 5.92 Å². The third-order valence-corrected chi connectivity index (χ3v) is 4.74. The summed E-state index contributed by atoms with van der Waals surface area (Å²) in [7, 11) is 0. The monoisotopic (exact) mass is 318 g/mol. The van der Waals surface area contributed by atoms with Gasteiger partial charge in [0, 0.05) is 0 Å². The number of carbonyl (C=O) groups is 1. The van der Waals surface area contributed by atoms with E-state index in [2.05, 4.69) is 5.32 Å². The molecule has 6 heteroatoms. The molecular weight excluding hydrogens is 300 g/mol. The fraction of sp³-hybridized carbons (Fsp3) is 0.500. The number of thiocarbonyl (C=S) groups is 1. The van der Waals surface area contributed by atoms with Gasteiger partial charge in [-0.05, 0) is 55.6 Å². The van der Waals surface area contributed by atoms with Gasteiger partial charge < -0.3 is 14.8 Å². The fourth-order valence-electron chi connectivity index (χ4n) is 3.18. The van der Waals surface area contributed by atoms with Gasteiger partial charge in [-0.2, -0.15) is 0 Å². The van der Waals surface area contributed by atoms with Gasteiger partial charge in [0.05, 0.1) is 6.04 Å². The maximum atomic E-state index is 12.5. The Balaban J connectivity index is 1.71. The normalized spacial score (nSPS) is 25.1. The van der Waals surface area contributed by atoms with E-state index in [1.54, 1.807) is 4.90 Å². The summed E-state index contributed by atoms with van der Waals surface area (Å²) in [6.45, 7) is 2.99. The molecule has 0 aromatic heterocycles. The molecule has 2 fully saturated rings. The molecule has 0 unspecified atom stereocenters. The van der Waals surface area contributed by atoms with Crippen LogP contribution in [0.1, 0.15) is 31.4 Å². The van der Waals surface area contributed by atoms with Gasteiger partial charge in [0.25, 0.3) is 5.91 Å². The highest BCUT2D eigenvalue weighted by molar-refractivity contribution is 7.80. The van der Waals surface area contributed by atoms with E-state index < -0.39 is 0 Å². The molecule has 0 radical (unpaired) electrons. The molecule has 1 aromatic carbocycles. The molecule has 1 saturated carbocycles. The first-order valence-electron chi connectivity index (χ1n) is 7.68. The summed E-state index contributed by atoms with van der Waals surface area (Å²) in [5, 5.41) is 3.60. The highest BCUT2D eigenvalue weighted by Gasteiger charge is 2.45. The van der Waals surface area contributed by atoms with Crippen LogP contribution in [0, 0.1) is 5.92 Å². The second-order valence-electron chi connectivity index (χ2n) is 6.06. The molecule has 3 aliphatic rings. The number of nitrogens with one attached hydrogen (secondary N) is 1. The minimum absolute atomic E-state index is 0.00623. The van der Waals surface area contributed by atoms with Crippen molar-refractivity contribution >= 4 is 23.2 Å². The SMILES string of the molecule is C[C@H]1NC(=S)N([C@@H](c2ccc3c(c2)OCCO3)C2CC2)C1=O. The minimum atomic E-state index is -0.244. The Labute approximate surface area is 134 Å². The van der Waals surface area contributed by atoms with Gasteiger partial charge in [-0.25, -0.2) is 0 Å². The van der Waals surface area contributed by atoms with E-state index in [1.807, 2.05) is 25.1 Å². The van der Waals surface area contributed by atoms with Crippen molar-refractivity contribution in [3.05, 3.63) is 23.8 Å². The van der Waals surface area contributed by atoms with Crippen molar-refractivity contribution in [2.75, 3.05) is 13.2 Å². The number of fused-ring (bicyclic) bond motifs is 1. The molecule has 1 amide bonds. The topological polar surface area (TPSA) is 50.8 Å². The highest BCUT2D eigenvalue weighted by Crippen LogP contribution is 2.47. The largest absolute Gasteiger partial charge is 0.486 e. The lowest BCUT2D eigenvalue weighted by Crippen LogP contribution is -2.36. The number of amides is 1. The lowest BCUT2D eigenvalue weighted by Gasteiger charge is -2.28. The van der Waals surface area contributed by atoms with Crippen LogP contribution in [0.5, 0.6) is 11.5 Å². The summed E-state index contributed by atoms with van der Waals surface area (Å²) in [5.74, 6) is 2.05. The van der Waals surface area contributed by atoms with E-state index in [0.717, 1.165) is 29.9 Å². The maximum Gasteiger partial charge on any atom is 0.251 e. The summed E-state index contributed by atoms with van der Waals surface area (Å²) < 4.78 is 11.3. The first-order chi connectivity index (χ1) is 10.6. The molecule has 1 N–H and O–H groups in total. The van der Waals surface area contributed by atoms with E-state index >= 15 is 0 Å². The van der Waals surface area contributed by atoms with Crippen molar-refractivity contribution < 1.29 is 14.3 Å². The van der Waals surface area contributed by atoms with Gasteiger partial charge in [0.2, 0.25) is 0 Å². The predicted molar refractivity (Wildman–Crippen MR) is 84.9 cm³/mol. The lowest BCUT2D eigenvalue weighted by atomic mass is 10.00. The van der Waals surface area contributed by atoms with Gasteiger partial charge in [-0.15, -0.1) is 0 Å². The summed E-state index contributed by atoms with van der Waals surface area (Å²) in [6, 6.07) is 5.70. The molecule has 2 atom stereocenters. The van der Waals surface area contributed by atoms with E-state index in [0.29, 0.717) is 24.2 Å².